The number of rotatable bonds is 10. The first kappa shape index (κ1) is 24.6. The molecule has 0 amide bonds. The van der Waals surface area contributed by atoms with Crippen molar-refractivity contribution in [1.82, 2.24) is 0 Å². The lowest BCUT2D eigenvalue weighted by Crippen LogP contribution is -2.46. The van der Waals surface area contributed by atoms with Crippen LogP contribution in [0.1, 0.15) is 72.6 Å². The number of aliphatic hydroxyl groups is 1. The van der Waals surface area contributed by atoms with Gasteiger partial charge in [0, 0.05) is 18.8 Å². The number of esters is 1. The second-order valence-electron chi connectivity index (χ2n) is 9.54. The van der Waals surface area contributed by atoms with Crippen molar-refractivity contribution in [2.24, 2.45) is 35.5 Å². The van der Waals surface area contributed by atoms with Crippen LogP contribution in [0.15, 0.2) is 12.2 Å². The van der Waals surface area contributed by atoms with E-state index in [2.05, 4.69) is 26.0 Å². The van der Waals surface area contributed by atoms with Crippen LogP contribution in [0, 0.1) is 35.5 Å². The van der Waals surface area contributed by atoms with Crippen LogP contribution in [0.5, 0.6) is 0 Å². The van der Waals surface area contributed by atoms with E-state index in [0.29, 0.717) is 24.7 Å². The van der Waals surface area contributed by atoms with Crippen molar-refractivity contribution in [3.8, 4) is 0 Å². The van der Waals surface area contributed by atoms with E-state index in [9.17, 15) is 19.5 Å². The van der Waals surface area contributed by atoms with Crippen LogP contribution in [0.3, 0.4) is 0 Å². The highest BCUT2D eigenvalue weighted by atomic mass is 16.5. The molecular formula is C24H38O6. The predicted octanol–water partition coefficient (Wildman–Crippen LogP) is 4.00. The van der Waals surface area contributed by atoms with E-state index in [1.54, 1.807) is 0 Å². The standard InChI is InChI=1S/C24H38O6/c1-5-15(3)24(29)30-21-11-14(2)10-17-7-6-16(4)20(23(17)21)9-8-18(25)12-19(26)13-22(27)28/h6-7,14-17,19-21,23,26H,5,8-13H2,1-4H3,(H,27,28)/t14-,15-,16-,17-,19+,20-,21?,23?/m0/s1. The molecule has 0 aromatic carbocycles. The Kier molecular flexibility index (Phi) is 9.08. The molecule has 6 nitrogen and oxygen atoms in total. The maximum absolute atomic E-state index is 12.5. The van der Waals surface area contributed by atoms with E-state index in [1.165, 1.54) is 0 Å². The van der Waals surface area contributed by atoms with Gasteiger partial charge in [0.1, 0.15) is 11.9 Å². The molecule has 30 heavy (non-hydrogen) atoms. The van der Waals surface area contributed by atoms with Gasteiger partial charge in [-0.3, -0.25) is 14.4 Å². The Balaban J connectivity index is 2.07. The highest BCUT2D eigenvalue weighted by Gasteiger charge is 2.45. The van der Waals surface area contributed by atoms with Crippen LogP contribution < -0.4 is 0 Å². The fraction of sp³-hybridized carbons (Fsp3) is 0.792. The van der Waals surface area contributed by atoms with Gasteiger partial charge in [-0.15, -0.1) is 0 Å². The molecule has 1 saturated carbocycles. The molecular weight excluding hydrogens is 384 g/mol. The molecule has 0 aromatic rings. The number of allylic oxidation sites excluding steroid dienone is 2. The molecule has 1 fully saturated rings. The molecule has 2 unspecified atom stereocenters. The fourth-order valence-electron chi connectivity index (χ4n) is 5.14. The zero-order valence-electron chi connectivity index (χ0n) is 18.8. The number of aliphatic hydroxyl groups excluding tert-OH is 1. The van der Waals surface area contributed by atoms with Gasteiger partial charge >= 0.3 is 11.9 Å². The third-order valence-corrected chi connectivity index (χ3v) is 6.98. The van der Waals surface area contributed by atoms with Crippen LogP contribution in [0.4, 0.5) is 0 Å². The Morgan fingerprint density at radius 1 is 1.13 bits per heavy atom. The molecule has 6 heteroatoms. The number of aliphatic carboxylic acids is 1. The first-order valence-electron chi connectivity index (χ1n) is 11.4. The number of hydrogen-bond acceptors (Lipinski definition) is 5. The van der Waals surface area contributed by atoms with E-state index in [0.717, 1.165) is 19.3 Å². The summed E-state index contributed by atoms with van der Waals surface area (Å²) in [6.45, 7) is 8.23. The van der Waals surface area contributed by atoms with E-state index in [-0.39, 0.29) is 47.9 Å². The molecule has 0 saturated heterocycles. The quantitative estimate of drug-likeness (QED) is 0.408. The second kappa shape index (κ2) is 11.1. The molecule has 2 N–H and O–H groups in total. The highest BCUT2D eigenvalue weighted by Crippen LogP contribution is 2.47. The van der Waals surface area contributed by atoms with Gasteiger partial charge in [-0.05, 0) is 49.4 Å². The second-order valence-corrected chi connectivity index (χ2v) is 9.54. The number of carboxylic acid groups (broad SMARTS) is 1. The van der Waals surface area contributed by atoms with E-state index >= 15 is 0 Å². The van der Waals surface area contributed by atoms with Gasteiger partial charge in [0.2, 0.25) is 0 Å². The van der Waals surface area contributed by atoms with E-state index < -0.39 is 18.5 Å². The lowest BCUT2D eigenvalue weighted by molar-refractivity contribution is -0.164. The minimum atomic E-state index is -1.13. The third kappa shape index (κ3) is 6.66. The maximum Gasteiger partial charge on any atom is 0.308 e. The van der Waals surface area contributed by atoms with Crippen LogP contribution in [-0.2, 0) is 19.1 Å². The van der Waals surface area contributed by atoms with Gasteiger partial charge in [0.15, 0.2) is 0 Å². The smallest absolute Gasteiger partial charge is 0.308 e. The number of ketones is 1. The van der Waals surface area contributed by atoms with Gasteiger partial charge < -0.3 is 14.9 Å². The first-order chi connectivity index (χ1) is 14.1. The van der Waals surface area contributed by atoms with Crippen molar-refractivity contribution in [2.45, 2.75) is 84.8 Å². The van der Waals surface area contributed by atoms with Gasteiger partial charge in [0.25, 0.3) is 0 Å². The Hall–Kier alpha value is -1.69. The highest BCUT2D eigenvalue weighted by molar-refractivity contribution is 5.79. The number of Topliss-reactive ketones (excluding diaryl/α,β-unsaturated/α-hetero) is 1. The van der Waals surface area contributed by atoms with Crippen LogP contribution in [-0.4, -0.2) is 40.1 Å². The van der Waals surface area contributed by atoms with Gasteiger partial charge in [0.05, 0.1) is 18.4 Å². The Morgan fingerprint density at radius 2 is 1.83 bits per heavy atom. The van der Waals surface area contributed by atoms with Crippen molar-refractivity contribution >= 4 is 17.7 Å². The number of fused-ring (bicyclic) bond motifs is 1. The topological polar surface area (TPSA) is 101 Å². The largest absolute Gasteiger partial charge is 0.481 e. The predicted molar refractivity (Wildman–Crippen MR) is 114 cm³/mol. The summed E-state index contributed by atoms with van der Waals surface area (Å²) in [7, 11) is 0. The molecule has 0 radical (unpaired) electrons. The van der Waals surface area contributed by atoms with Crippen molar-refractivity contribution in [3.05, 3.63) is 12.2 Å². The maximum atomic E-state index is 12.5. The summed E-state index contributed by atoms with van der Waals surface area (Å²) in [6.07, 6.45) is 6.33. The van der Waals surface area contributed by atoms with Crippen LogP contribution in [0.2, 0.25) is 0 Å². The zero-order valence-corrected chi connectivity index (χ0v) is 18.8. The van der Waals surface area contributed by atoms with Crippen molar-refractivity contribution in [3.63, 3.8) is 0 Å². The average Bonchev–Trinajstić information content (AvgIpc) is 2.65. The third-order valence-electron chi connectivity index (χ3n) is 6.98. The van der Waals surface area contributed by atoms with Crippen molar-refractivity contribution in [1.29, 1.82) is 0 Å². The van der Waals surface area contributed by atoms with E-state index in [1.807, 2.05) is 13.8 Å². The summed E-state index contributed by atoms with van der Waals surface area (Å²) in [6, 6.07) is 0. The fourth-order valence-corrected chi connectivity index (χ4v) is 5.14. The number of carbonyl (C=O) groups excluding carboxylic acids is 2. The summed E-state index contributed by atoms with van der Waals surface area (Å²) in [5, 5.41) is 18.5. The average molecular weight is 423 g/mol. The molecule has 0 heterocycles. The normalized spacial score (nSPS) is 32.7. The molecule has 170 valence electrons. The summed E-state index contributed by atoms with van der Waals surface area (Å²) < 4.78 is 6.01. The Labute approximate surface area is 180 Å². The van der Waals surface area contributed by atoms with Crippen molar-refractivity contribution in [2.75, 3.05) is 0 Å². The molecule has 0 aromatic heterocycles. The van der Waals surface area contributed by atoms with E-state index in [4.69, 9.17) is 9.84 Å². The van der Waals surface area contributed by atoms with Crippen LogP contribution >= 0.6 is 0 Å². The molecule has 2 rings (SSSR count). The lowest BCUT2D eigenvalue weighted by atomic mass is 9.60. The van der Waals surface area contributed by atoms with Gasteiger partial charge in [-0.2, -0.15) is 0 Å². The summed E-state index contributed by atoms with van der Waals surface area (Å²) in [4.78, 5) is 35.5. The summed E-state index contributed by atoms with van der Waals surface area (Å²) in [5.74, 6) is 0.0582. The molecule has 2 aliphatic carbocycles. The minimum Gasteiger partial charge on any atom is -0.481 e. The van der Waals surface area contributed by atoms with Gasteiger partial charge in [-0.1, -0.05) is 39.8 Å². The molecule has 2 aliphatic rings. The SMILES string of the molecule is CC[C@H](C)C(=O)OC1C[C@@H](C)C[C@@H]2C=C[C@H](C)[C@H](CCC(=O)C[C@@H](O)CC(=O)O)C12. The molecule has 0 bridgehead atoms. The monoisotopic (exact) mass is 422 g/mol. The van der Waals surface area contributed by atoms with Gasteiger partial charge in [-0.25, -0.2) is 0 Å². The Morgan fingerprint density at radius 3 is 2.47 bits per heavy atom. The summed E-state index contributed by atoms with van der Waals surface area (Å²) >= 11 is 0. The van der Waals surface area contributed by atoms with Crippen molar-refractivity contribution < 1.29 is 29.3 Å². The Bertz CT molecular complexity index is 642. The minimum absolute atomic E-state index is 0.112. The summed E-state index contributed by atoms with van der Waals surface area (Å²) in [5.41, 5.74) is 0. The number of carbonyl (C=O) groups is 3. The molecule has 0 aliphatic heterocycles. The van der Waals surface area contributed by atoms with Crippen LogP contribution in [0.25, 0.3) is 0 Å². The zero-order chi connectivity index (χ0) is 22.4. The lowest BCUT2D eigenvalue weighted by Gasteiger charge is -2.47. The number of ether oxygens (including phenoxy) is 1. The number of carboxylic acids is 1. The number of hydrogen-bond donors (Lipinski definition) is 2. The molecule has 0 spiro atoms. The first-order valence-corrected chi connectivity index (χ1v) is 11.4. The molecule has 8 atom stereocenters.